The van der Waals surface area contributed by atoms with Crippen LogP contribution >= 0.6 is 0 Å². The van der Waals surface area contributed by atoms with E-state index in [1.54, 1.807) is 7.05 Å². The molecule has 0 saturated heterocycles. The Bertz CT molecular complexity index is 308. The van der Waals surface area contributed by atoms with E-state index in [1.165, 1.54) is 6.42 Å². The first-order chi connectivity index (χ1) is 8.12. The van der Waals surface area contributed by atoms with Crippen LogP contribution in [0.15, 0.2) is 4.99 Å². The molecular formula is C13H23N3O. The molecule has 0 aliphatic heterocycles. The molecule has 0 heterocycles. The lowest BCUT2D eigenvalue weighted by Crippen LogP contribution is -2.48. The van der Waals surface area contributed by atoms with Gasteiger partial charge in [-0.15, -0.1) is 6.42 Å². The van der Waals surface area contributed by atoms with Gasteiger partial charge in [-0.25, -0.2) is 0 Å². The molecule has 17 heavy (non-hydrogen) atoms. The average molecular weight is 237 g/mol. The summed E-state index contributed by atoms with van der Waals surface area (Å²) in [4.78, 5) is 4.08. The maximum atomic E-state index is 10.1. The topological polar surface area (TPSA) is 56.7 Å². The molecule has 96 valence electrons. The molecule has 1 saturated carbocycles. The predicted molar refractivity (Wildman–Crippen MR) is 70.8 cm³/mol. The van der Waals surface area contributed by atoms with Crippen LogP contribution in [0.4, 0.5) is 0 Å². The molecule has 0 aromatic rings. The van der Waals surface area contributed by atoms with Gasteiger partial charge < -0.3 is 15.7 Å². The van der Waals surface area contributed by atoms with Gasteiger partial charge in [-0.05, 0) is 12.8 Å². The van der Waals surface area contributed by atoms with E-state index < -0.39 is 0 Å². The first-order valence-corrected chi connectivity index (χ1v) is 6.18. The molecule has 0 radical (unpaired) electrons. The molecule has 0 bridgehead atoms. The van der Waals surface area contributed by atoms with Crippen molar-refractivity contribution in [1.29, 1.82) is 0 Å². The molecule has 0 spiro atoms. The van der Waals surface area contributed by atoms with Gasteiger partial charge in [0.2, 0.25) is 0 Å². The lowest BCUT2D eigenvalue weighted by atomic mass is 9.73. The summed E-state index contributed by atoms with van der Waals surface area (Å²) in [7, 11) is 1.71. The van der Waals surface area contributed by atoms with Gasteiger partial charge in [-0.1, -0.05) is 25.7 Å². The van der Waals surface area contributed by atoms with Crippen LogP contribution in [-0.2, 0) is 0 Å². The third-order valence-corrected chi connectivity index (χ3v) is 3.52. The molecule has 1 aliphatic carbocycles. The highest BCUT2D eigenvalue weighted by molar-refractivity contribution is 5.79. The largest absolute Gasteiger partial charge is 0.392 e. The van der Waals surface area contributed by atoms with Crippen molar-refractivity contribution in [3.63, 3.8) is 0 Å². The van der Waals surface area contributed by atoms with Gasteiger partial charge >= 0.3 is 0 Å². The molecule has 4 heteroatoms. The van der Waals surface area contributed by atoms with Gasteiger partial charge in [-0.3, -0.25) is 4.99 Å². The number of nitrogens with one attached hydrogen (secondary N) is 2. The van der Waals surface area contributed by atoms with Crippen LogP contribution in [-0.4, -0.2) is 37.3 Å². The second-order valence-corrected chi connectivity index (χ2v) is 4.90. The van der Waals surface area contributed by atoms with Crippen LogP contribution in [0.5, 0.6) is 0 Å². The standard InChI is InChI=1S/C13H23N3O/c1-4-9-15-12(14-3)16-10-13(2)8-6-5-7-11(13)17/h1,11,17H,5-10H2,2-3H3,(H2,14,15,16). The van der Waals surface area contributed by atoms with Crippen LogP contribution in [0, 0.1) is 17.8 Å². The average Bonchev–Trinajstić information content (AvgIpc) is 2.34. The summed E-state index contributed by atoms with van der Waals surface area (Å²) < 4.78 is 0. The summed E-state index contributed by atoms with van der Waals surface area (Å²) in [5.41, 5.74) is -0.0635. The molecule has 0 aromatic heterocycles. The molecule has 1 fully saturated rings. The molecular weight excluding hydrogens is 214 g/mol. The number of hydrogen-bond donors (Lipinski definition) is 3. The molecule has 0 aromatic carbocycles. The number of aliphatic imine (C=N–C) groups is 1. The van der Waals surface area contributed by atoms with Gasteiger partial charge in [0.05, 0.1) is 12.6 Å². The van der Waals surface area contributed by atoms with E-state index in [0.29, 0.717) is 12.5 Å². The summed E-state index contributed by atoms with van der Waals surface area (Å²) in [5, 5.41) is 16.3. The summed E-state index contributed by atoms with van der Waals surface area (Å²) in [6.07, 6.45) is 9.21. The van der Waals surface area contributed by atoms with E-state index in [0.717, 1.165) is 25.8 Å². The predicted octanol–water partition coefficient (Wildman–Crippen LogP) is 0.726. The Kier molecular flexibility index (Phi) is 5.30. The fraction of sp³-hybridized carbons (Fsp3) is 0.769. The first kappa shape index (κ1) is 13.9. The lowest BCUT2D eigenvalue weighted by Gasteiger charge is -2.38. The van der Waals surface area contributed by atoms with Gasteiger partial charge in [0.15, 0.2) is 5.96 Å². The van der Waals surface area contributed by atoms with Crippen molar-refractivity contribution in [2.75, 3.05) is 20.1 Å². The van der Waals surface area contributed by atoms with E-state index in [1.807, 2.05) is 0 Å². The van der Waals surface area contributed by atoms with Gasteiger partial charge in [-0.2, -0.15) is 0 Å². The van der Waals surface area contributed by atoms with Crippen LogP contribution in [0.25, 0.3) is 0 Å². The Morgan fingerprint density at radius 2 is 2.29 bits per heavy atom. The fourth-order valence-corrected chi connectivity index (χ4v) is 2.23. The number of hydrogen-bond acceptors (Lipinski definition) is 2. The smallest absolute Gasteiger partial charge is 0.191 e. The number of terminal acetylenes is 1. The van der Waals surface area contributed by atoms with Crippen molar-refractivity contribution in [1.82, 2.24) is 10.6 Å². The Labute approximate surface area is 104 Å². The molecule has 2 atom stereocenters. The van der Waals surface area contributed by atoms with Gasteiger partial charge in [0.25, 0.3) is 0 Å². The van der Waals surface area contributed by atoms with E-state index in [9.17, 15) is 5.11 Å². The molecule has 4 nitrogen and oxygen atoms in total. The Morgan fingerprint density at radius 3 is 2.88 bits per heavy atom. The van der Waals surface area contributed by atoms with Gasteiger partial charge in [0, 0.05) is 19.0 Å². The third-order valence-electron chi connectivity index (χ3n) is 3.52. The minimum atomic E-state index is -0.227. The van der Waals surface area contributed by atoms with Crippen LogP contribution in [0.2, 0.25) is 0 Å². The summed E-state index contributed by atoms with van der Waals surface area (Å²) in [5.74, 6) is 3.20. The monoisotopic (exact) mass is 237 g/mol. The molecule has 1 aliphatic rings. The Balaban J connectivity index is 2.45. The summed E-state index contributed by atoms with van der Waals surface area (Å²) in [6, 6.07) is 0. The highest BCUT2D eigenvalue weighted by atomic mass is 16.3. The highest BCUT2D eigenvalue weighted by Gasteiger charge is 2.35. The number of nitrogens with zero attached hydrogens (tertiary/aromatic N) is 1. The van der Waals surface area contributed by atoms with Crippen molar-refractivity contribution in [3.8, 4) is 12.3 Å². The first-order valence-electron chi connectivity index (χ1n) is 6.18. The van der Waals surface area contributed by atoms with E-state index in [2.05, 4.69) is 28.5 Å². The number of rotatable bonds is 3. The number of guanidine groups is 1. The number of aliphatic hydroxyl groups excluding tert-OH is 1. The van der Waals surface area contributed by atoms with Crippen molar-refractivity contribution < 1.29 is 5.11 Å². The molecule has 0 amide bonds. The Hall–Kier alpha value is -1.21. The summed E-state index contributed by atoms with van der Waals surface area (Å²) >= 11 is 0. The number of aliphatic hydroxyl groups is 1. The Morgan fingerprint density at radius 1 is 1.53 bits per heavy atom. The minimum Gasteiger partial charge on any atom is -0.392 e. The molecule has 2 unspecified atom stereocenters. The van der Waals surface area contributed by atoms with Crippen LogP contribution in [0.3, 0.4) is 0 Å². The minimum absolute atomic E-state index is 0.0635. The van der Waals surface area contributed by atoms with Crippen molar-refractivity contribution >= 4 is 5.96 Å². The summed E-state index contributed by atoms with van der Waals surface area (Å²) in [6.45, 7) is 3.30. The lowest BCUT2D eigenvalue weighted by molar-refractivity contribution is 0.00398. The van der Waals surface area contributed by atoms with Crippen LogP contribution < -0.4 is 10.6 Å². The highest BCUT2D eigenvalue weighted by Crippen LogP contribution is 2.35. The van der Waals surface area contributed by atoms with E-state index in [-0.39, 0.29) is 11.5 Å². The van der Waals surface area contributed by atoms with E-state index >= 15 is 0 Å². The van der Waals surface area contributed by atoms with E-state index in [4.69, 9.17) is 6.42 Å². The molecule has 3 N–H and O–H groups in total. The fourth-order valence-electron chi connectivity index (χ4n) is 2.23. The SMILES string of the molecule is C#CCNC(=NC)NCC1(C)CCCCC1O. The van der Waals surface area contributed by atoms with Crippen molar-refractivity contribution in [3.05, 3.63) is 0 Å². The third kappa shape index (κ3) is 3.94. The van der Waals surface area contributed by atoms with Crippen molar-refractivity contribution in [2.24, 2.45) is 10.4 Å². The quantitative estimate of drug-likeness (QED) is 0.385. The van der Waals surface area contributed by atoms with Gasteiger partial charge in [0.1, 0.15) is 0 Å². The second kappa shape index (κ2) is 6.51. The zero-order valence-electron chi connectivity index (χ0n) is 10.8. The normalized spacial score (nSPS) is 29.5. The zero-order chi connectivity index (χ0) is 12.7. The zero-order valence-corrected chi connectivity index (χ0v) is 10.8. The maximum absolute atomic E-state index is 10.1. The maximum Gasteiger partial charge on any atom is 0.191 e. The van der Waals surface area contributed by atoms with Crippen LogP contribution in [0.1, 0.15) is 32.6 Å². The molecule has 1 rings (SSSR count). The second-order valence-electron chi connectivity index (χ2n) is 4.90. The van der Waals surface area contributed by atoms with Crippen molar-refractivity contribution in [2.45, 2.75) is 38.7 Å².